The van der Waals surface area contributed by atoms with Crippen LogP contribution in [0.3, 0.4) is 0 Å². The van der Waals surface area contributed by atoms with E-state index in [2.05, 4.69) is 16.7 Å². The number of aryl methyl sites for hydroxylation is 2. The smallest absolute Gasteiger partial charge is 0.319 e. The number of methoxy groups -OCH3 is 1. The van der Waals surface area contributed by atoms with Crippen molar-refractivity contribution in [3.8, 4) is 0 Å². The van der Waals surface area contributed by atoms with Gasteiger partial charge in [0.15, 0.2) is 0 Å². The van der Waals surface area contributed by atoms with Crippen LogP contribution >= 0.6 is 0 Å². The van der Waals surface area contributed by atoms with Crippen LogP contribution in [-0.4, -0.2) is 13.1 Å². The second-order valence-electron chi connectivity index (χ2n) is 5.39. The second kappa shape index (κ2) is 7.61. The fraction of sp³-hybridized carbons (Fsp3) is 0.278. The normalized spacial score (nSPS) is 10.3. The van der Waals surface area contributed by atoms with Crippen LogP contribution in [0.1, 0.15) is 22.3 Å². The number of carbonyl (C=O) groups is 1. The van der Waals surface area contributed by atoms with Crippen LogP contribution < -0.4 is 10.6 Å². The number of anilines is 1. The van der Waals surface area contributed by atoms with Gasteiger partial charge in [0.2, 0.25) is 0 Å². The zero-order valence-electron chi connectivity index (χ0n) is 13.3. The molecule has 0 aliphatic rings. The highest BCUT2D eigenvalue weighted by atomic mass is 16.5. The summed E-state index contributed by atoms with van der Waals surface area (Å²) in [5.41, 5.74) is 5.19. The molecule has 0 atom stereocenters. The van der Waals surface area contributed by atoms with Gasteiger partial charge in [-0.15, -0.1) is 0 Å². The summed E-state index contributed by atoms with van der Waals surface area (Å²) in [4.78, 5) is 12.0. The highest BCUT2D eigenvalue weighted by molar-refractivity contribution is 5.89. The number of rotatable bonds is 5. The molecule has 22 heavy (non-hydrogen) atoms. The van der Waals surface area contributed by atoms with E-state index in [-0.39, 0.29) is 6.03 Å². The molecule has 2 N–H and O–H groups in total. The summed E-state index contributed by atoms with van der Waals surface area (Å²) in [5.74, 6) is 0. The van der Waals surface area contributed by atoms with Gasteiger partial charge >= 0.3 is 6.03 Å². The average Bonchev–Trinajstić information content (AvgIpc) is 2.45. The Balaban J connectivity index is 1.95. The van der Waals surface area contributed by atoms with Crippen LogP contribution in [0.5, 0.6) is 0 Å². The van der Waals surface area contributed by atoms with Gasteiger partial charge in [0.1, 0.15) is 0 Å². The third-order valence-corrected chi connectivity index (χ3v) is 3.34. The van der Waals surface area contributed by atoms with E-state index in [0.717, 1.165) is 27.9 Å². The van der Waals surface area contributed by atoms with E-state index in [1.54, 1.807) is 7.11 Å². The van der Waals surface area contributed by atoms with Gasteiger partial charge in [0.05, 0.1) is 6.61 Å². The van der Waals surface area contributed by atoms with E-state index in [9.17, 15) is 4.79 Å². The van der Waals surface area contributed by atoms with Crippen molar-refractivity contribution in [3.05, 3.63) is 64.7 Å². The highest BCUT2D eigenvalue weighted by Gasteiger charge is 2.05. The number of carbonyl (C=O) groups excluding carboxylic acids is 1. The van der Waals surface area contributed by atoms with Gasteiger partial charge in [0.25, 0.3) is 0 Å². The Labute approximate surface area is 131 Å². The third-order valence-electron chi connectivity index (χ3n) is 3.34. The van der Waals surface area contributed by atoms with Gasteiger partial charge in [-0.3, -0.25) is 0 Å². The average molecular weight is 298 g/mol. The SMILES string of the molecule is COCc1ccccc1CNC(=O)Nc1cc(C)cc(C)c1. The van der Waals surface area contributed by atoms with Gasteiger partial charge in [0, 0.05) is 19.3 Å². The fourth-order valence-corrected chi connectivity index (χ4v) is 2.42. The van der Waals surface area contributed by atoms with Gasteiger partial charge in [-0.05, 0) is 48.2 Å². The molecule has 0 aliphatic heterocycles. The molecule has 0 unspecified atom stereocenters. The van der Waals surface area contributed by atoms with Crippen molar-refractivity contribution in [1.29, 1.82) is 0 Å². The number of urea groups is 1. The van der Waals surface area contributed by atoms with E-state index < -0.39 is 0 Å². The number of nitrogens with one attached hydrogen (secondary N) is 2. The summed E-state index contributed by atoms with van der Waals surface area (Å²) < 4.78 is 5.17. The van der Waals surface area contributed by atoms with Gasteiger partial charge in [-0.2, -0.15) is 0 Å². The van der Waals surface area contributed by atoms with Gasteiger partial charge in [-0.25, -0.2) is 4.79 Å². The maximum Gasteiger partial charge on any atom is 0.319 e. The molecule has 4 nitrogen and oxygen atoms in total. The molecule has 0 fully saturated rings. The third kappa shape index (κ3) is 4.60. The number of amides is 2. The lowest BCUT2D eigenvalue weighted by Crippen LogP contribution is -2.28. The number of hydrogen-bond acceptors (Lipinski definition) is 2. The van der Waals surface area contributed by atoms with Crippen LogP contribution in [0.25, 0.3) is 0 Å². The molecule has 0 spiro atoms. The van der Waals surface area contributed by atoms with E-state index in [1.165, 1.54) is 0 Å². The lowest BCUT2D eigenvalue weighted by molar-refractivity contribution is 0.184. The first-order valence-electron chi connectivity index (χ1n) is 7.27. The van der Waals surface area contributed by atoms with Crippen molar-refractivity contribution < 1.29 is 9.53 Å². The lowest BCUT2D eigenvalue weighted by atomic mass is 10.1. The van der Waals surface area contributed by atoms with Crippen molar-refractivity contribution in [3.63, 3.8) is 0 Å². The predicted octanol–water partition coefficient (Wildman–Crippen LogP) is 3.77. The minimum atomic E-state index is -0.211. The summed E-state index contributed by atoms with van der Waals surface area (Å²) in [7, 11) is 1.66. The molecule has 0 saturated carbocycles. The largest absolute Gasteiger partial charge is 0.380 e. The number of ether oxygens (including phenoxy) is 1. The number of benzene rings is 2. The quantitative estimate of drug-likeness (QED) is 0.882. The summed E-state index contributed by atoms with van der Waals surface area (Å²) in [6, 6.07) is 13.7. The zero-order valence-corrected chi connectivity index (χ0v) is 13.3. The van der Waals surface area contributed by atoms with Crippen molar-refractivity contribution in [1.82, 2.24) is 5.32 Å². The Morgan fingerprint density at radius 2 is 1.68 bits per heavy atom. The maximum absolute atomic E-state index is 12.0. The lowest BCUT2D eigenvalue weighted by Gasteiger charge is -2.12. The molecule has 0 aromatic heterocycles. The first kappa shape index (κ1) is 16.0. The Kier molecular flexibility index (Phi) is 5.55. The van der Waals surface area contributed by atoms with Crippen molar-refractivity contribution in [2.24, 2.45) is 0 Å². The number of hydrogen-bond donors (Lipinski definition) is 2. The molecule has 0 saturated heterocycles. The Morgan fingerprint density at radius 3 is 2.32 bits per heavy atom. The first-order valence-corrected chi connectivity index (χ1v) is 7.27. The zero-order chi connectivity index (χ0) is 15.9. The first-order chi connectivity index (χ1) is 10.6. The van der Waals surface area contributed by atoms with E-state index >= 15 is 0 Å². The minimum Gasteiger partial charge on any atom is -0.380 e. The van der Waals surface area contributed by atoms with Crippen LogP contribution in [0.2, 0.25) is 0 Å². The maximum atomic E-state index is 12.0. The van der Waals surface area contributed by atoms with Crippen LogP contribution in [0.15, 0.2) is 42.5 Å². The molecular weight excluding hydrogens is 276 g/mol. The van der Waals surface area contributed by atoms with Gasteiger partial charge < -0.3 is 15.4 Å². The van der Waals surface area contributed by atoms with Crippen LogP contribution in [0, 0.1) is 13.8 Å². The molecular formula is C18H22N2O2. The minimum absolute atomic E-state index is 0.211. The Morgan fingerprint density at radius 1 is 1.05 bits per heavy atom. The Hall–Kier alpha value is -2.33. The molecule has 2 rings (SSSR count). The van der Waals surface area contributed by atoms with E-state index in [0.29, 0.717) is 13.2 Å². The van der Waals surface area contributed by atoms with Gasteiger partial charge in [-0.1, -0.05) is 30.3 Å². The van der Waals surface area contributed by atoms with E-state index in [4.69, 9.17) is 4.74 Å². The second-order valence-corrected chi connectivity index (χ2v) is 5.39. The van der Waals surface area contributed by atoms with Crippen LogP contribution in [0.4, 0.5) is 10.5 Å². The summed E-state index contributed by atoms with van der Waals surface area (Å²) in [6.45, 7) is 5.03. The van der Waals surface area contributed by atoms with Crippen molar-refractivity contribution in [2.45, 2.75) is 27.0 Å². The molecule has 116 valence electrons. The Bertz CT molecular complexity index is 633. The molecule has 0 bridgehead atoms. The fourth-order valence-electron chi connectivity index (χ4n) is 2.42. The molecule has 2 aromatic carbocycles. The van der Waals surface area contributed by atoms with Crippen LogP contribution in [-0.2, 0) is 17.9 Å². The molecule has 0 radical (unpaired) electrons. The molecule has 0 heterocycles. The molecule has 4 heteroatoms. The highest BCUT2D eigenvalue weighted by Crippen LogP contribution is 2.14. The summed E-state index contributed by atoms with van der Waals surface area (Å²) in [5, 5.41) is 5.74. The molecule has 2 aromatic rings. The van der Waals surface area contributed by atoms with E-state index in [1.807, 2.05) is 50.2 Å². The van der Waals surface area contributed by atoms with Crippen molar-refractivity contribution >= 4 is 11.7 Å². The monoisotopic (exact) mass is 298 g/mol. The molecule has 2 amide bonds. The van der Waals surface area contributed by atoms with Crippen molar-refractivity contribution in [2.75, 3.05) is 12.4 Å². The predicted molar refractivity (Wildman–Crippen MR) is 88.9 cm³/mol. The summed E-state index contributed by atoms with van der Waals surface area (Å²) >= 11 is 0. The standard InChI is InChI=1S/C18H22N2O2/c1-13-8-14(2)10-17(9-13)20-18(21)19-11-15-6-4-5-7-16(15)12-22-3/h4-10H,11-12H2,1-3H3,(H2,19,20,21). The topological polar surface area (TPSA) is 50.4 Å². The molecule has 0 aliphatic carbocycles. The summed E-state index contributed by atoms with van der Waals surface area (Å²) in [6.07, 6.45) is 0.